The first kappa shape index (κ1) is 14.5. The van der Waals surface area contributed by atoms with E-state index in [0.29, 0.717) is 6.10 Å². The summed E-state index contributed by atoms with van der Waals surface area (Å²) in [6, 6.07) is 0. The molecule has 1 N–H and O–H groups in total. The van der Waals surface area contributed by atoms with E-state index >= 15 is 0 Å². The third-order valence-corrected chi connectivity index (χ3v) is 3.59. The largest absolute Gasteiger partial charge is 0.379 e. The first-order valence-corrected chi connectivity index (χ1v) is 7.62. The summed E-state index contributed by atoms with van der Waals surface area (Å²) in [5, 5.41) is 3.48. The van der Waals surface area contributed by atoms with E-state index in [1.165, 1.54) is 37.1 Å². The molecular formula is C15H27N3O. The Morgan fingerprint density at radius 3 is 3.00 bits per heavy atom. The molecule has 108 valence electrons. The highest BCUT2D eigenvalue weighted by atomic mass is 16.5. The minimum Gasteiger partial charge on any atom is -0.379 e. The third-order valence-electron chi connectivity index (χ3n) is 3.59. The van der Waals surface area contributed by atoms with Gasteiger partial charge in [-0.3, -0.25) is 0 Å². The number of hydrogen-bond acceptors (Lipinski definition) is 3. The average molecular weight is 265 g/mol. The molecule has 4 nitrogen and oxygen atoms in total. The van der Waals surface area contributed by atoms with Gasteiger partial charge in [0.15, 0.2) is 0 Å². The summed E-state index contributed by atoms with van der Waals surface area (Å²) in [6.45, 7) is 8.10. The van der Waals surface area contributed by atoms with Crippen molar-refractivity contribution in [1.29, 1.82) is 0 Å². The van der Waals surface area contributed by atoms with Crippen LogP contribution in [0.3, 0.4) is 0 Å². The molecule has 1 aliphatic carbocycles. The lowest BCUT2D eigenvalue weighted by Gasteiger charge is -2.14. The number of nitrogens with one attached hydrogen (secondary N) is 1. The zero-order valence-corrected chi connectivity index (χ0v) is 12.3. The fourth-order valence-corrected chi connectivity index (χ4v) is 2.56. The fourth-order valence-electron chi connectivity index (χ4n) is 2.56. The van der Waals surface area contributed by atoms with Crippen LogP contribution in [0.25, 0.3) is 0 Å². The Balaban J connectivity index is 1.60. The van der Waals surface area contributed by atoms with Gasteiger partial charge < -0.3 is 14.6 Å². The van der Waals surface area contributed by atoms with E-state index in [1.807, 2.05) is 6.33 Å². The van der Waals surface area contributed by atoms with Crippen molar-refractivity contribution in [3.8, 4) is 0 Å². The first-order chi connectivity index (χ1) is 9.27. The number of aryl methyl sites for hydroxylation is 1. The second kappa shape index (κ2) is 7.65. The lowest BCUT2D eigenvalue weighted by Crippen LogP contribution is -2.23. The van der Waals surface area contributed by atoms with E-state index in [1.54, 1.807) is 0 Å². The zero-order chi connectivity index (χ0) is 13.5. The van der Waals surface area contributed by atoms with Crippen LogP contribution in [0.1, 0.15) is 44.5 Å². The summed E-state index contributed by atoms with van der Waals surface area (Å²) in [5.41, 5.74) is 2.80. The molecule has 1 heterocycles. The SMILES string of the molecule is CC(C)OCCCNCCn1cnc2c1CCCC2. The number of rotatable bonds is 8. The minimum atomic E-state index is 0.345. The van der Waals surface area contributed by atoms with Crippen LogP contribution in [-0.4, -0.2) is 35.4 Å². The van der Waals surface area contributed by atoms with Crippen LogP contribution in [-0.2, 0) is 24.1 Å². The van der Waals surface area contributed by atoms with E-state index < -0.39 is 0 Å². The molecule has 0 amide bonds. The molecule has 0 aromatic carbocycles. The van der Waals surface area contributed by atoms with Gasteiger partial charge in [-0.2, -0.15) is 0 Å². The van der Waals surface area contributed by atoms with Gasteiger partial charge in [0.1, 0.15) is 0 Å². The van der Waals surface area contributed by atoms with Crippen molar-refractivity contribution in [2.24, 2.45) is 0 Å². The zero-order valence-electron chi connectivity index (χ0n) is 12.3. The summed E-state index contributed by atoms with van der Waals surface area (Å²) in [6.07, 6.45) is 8.44. The Kier molecular flexibility index (Phi) is 5.86. The number of hydrogen-bond donors (Lipinski definition) is 1. The van der Waals surface area contributed by atoms with Crippen molar-refractivity contribution in [2.75, 3.05) is 19.7 Å². The van der Waals surface area contributed by atoms with Gasteiger partial charge in [0.2, 0.25) is 0 Å². The quantitative estimate of drug-likeness (QED) is 0.732. The maximum absolute atomic E-state index is 5.51. The third kappa shape index (κ3) is 4.62. The highest BCUT2D eigenvalue weighted by molar-refractivity contribution is 5.16. The molecule has 1 aromatic rings. The molecule has 2 rings (SSSR count). The van der Waals surface area contributed by atoms with Gasteiger partial charge in [-0.15, -0.1) is 0 Å². The van der Waals surface area contributed by atoms with Gasteiger partial charge in [0.25, 0.3) is 0 Å². The standard InChI is InChI=1S/C15H27N3O/c1-13(2)19-11-5-8-16-9-10-18-12-17-14-6-3-4-7-15(14)18/h12-13,16H,3-11H2,1-2H3. The lowest BCUT2D eigenvalue weighted by molar-refractivity contribution is 0.0771. The van der Waals surface area contributed by atoms with Crippen LogP contribution in [0.2, 0.25) is 0 Å². The molecule has 0 saturated carbocycles. The van der Waals surface area contributed by atoms with Crippen LogP contribution in [0.4, 0.5) is 0 Å². The molecule has 4 heteroatoms. The predicted octanol–water partition coefficient (Wildman–Crippen LogP) is 2.17. The lowest BCUT2D eigenvalue weighted by atomic mass is 10.0. The summed E-state index contributed by atoms with van der Waals surface area (Å²) < 4.78 is 7.84. The Morgan fingerprint density at radius 1 is 1.32 bits per heavy atom. The Morgan fingerprint density at radius 2 is 2.16 bits per heavy atom. The summed E-state index contributed by atoms with van der Waals surface area (Å²) >= 11 is 0. The second-order valence-electron chi connectivity index (χ2n) is 5.56. The van der Waals surface area contributed by atoms with Crippen molar-refractivity contribution >= 4 is 0 Å². The molecule has 0 bridgehead atoms. The highest BCUT2D eigenvalue weighted by Gasteiger charge is 2.14. The van der Waals surface area contributed by atoms with E-state index in [2.05, 4.69) is 28.7 Å². The molecule has 19 heavy (non-hydrogen) atoms. The number of ether oxygens (including phenoxy) is 1. The van der Waals surface area contributed by atoms with Crippen molar-refractivity contribution in [3.63, 3.8) is 0 Å². The molecule has 1 aromatic heterocycles. The number of aromatic nitrogens is 2. The van der Waals surface area contributed by atoms with Gasteiger partial charge in [-0.05, 0) is 52.5 Å². The molecule has 0 unspecified atom stereocenters. The van der Waals surface area contributed by atoms with Crippen LogP contribution in [0, 0.1) is 0 Å². The number of fused-ring (bicyclic) bond motifs is 1. The topological polar surface area (TPSA) is 39.1 Å². The van der Waals surface area contributed by atoms with Crippen LogP contribution < -0.4 is 5.32 Å². The van der Waals surface area contributed by atoms with E-state index in [0.717, 1.165) is 32.7 Å². The smallest absolute Gasteiger partial charge is 0.0952 e. The molecule has 0 atom stereocenters. The molecule has 0 spiro atoms. The van der Waals surface area contributed by atoms with Gasteiger partial charge in [-0.1, -0.05) is 0 Å². The van der Waals surface area contributed by atoms with E-state index in [9.17, 15) is 0 Å². The number of nitrogens with zero attached hydrogens (tertiary/aromatic N) is 2. The van der Waals surface area contributed by atoms with Crippen molar-refractivity contribution in [3.05, 3.63) is 17.7 Å². The normalized spacial score (nSPS) is 14.9. The highest BCUT2D eigenvalue weighted by Crippen LogP contribution is 2.19. The molecule has 0 radical (unpaired) electrons. The molecular weight excluding hydrogens is 238 g/mol. The van der Waals surface area contributed by atoms with Crippen molar-refractivity contribution in [2.45, 2.75) is 58.6 Å². The first-order valence-electron chi connectivity index (χ1n) is 7.62. The molecule has 0 saturated heterocycles. The maximum Gasteiger partial charge on any atom is 0.0952 e. The van der Waals surface area contributed by atoms with Crippen LogP contribution >= 0.6 is 0 Å². The Bertz CT molecular complexity index is 373. The van der Waals surface area contributed by atoms with E-state index in [4.69, 9.17) is 4.74 Å². The van der Waals surface area contributed by atoms with Crippen molar-refractivity contribution < 1.29 is 4.74 Å². The summed E-state index contributed by atoms with van der Waals surface area (Å²) in [4.78, 5) is 4.52. The maximum atomic E-state index is 5.51. The Hall–Kier alpha value is -0.870. The molecule has 0 fully saturated rings. The van der Waals surface area contributed by atoms with Crippen molar-refractivity contribution in [1.82, 2.24) is 14.9 Å². The molecule has 0 aliphatic heterocycles. The predicted molar refractivity (Wildman–Crippen MR) is 77.4 cm³/mol. The number of imidazole rings is 1. The van der Waals surface area contributed by atoms with Crippen LogP contribution in [0.5, 0.6) is 0 Å². The minimum absolute atomic E-state index is 0.345. The van der Waals surface area contributed by atoms with Gasteiger partial charge in [-0.25, -0.2) is 4.98 Å². The summed E-state index contributed by atoms with van der Waals surface area (Å²) in [5.74, 6) is 0. The Labute approximate surface area is 116 Å². The van der Waals surface area contributed by atoms with E-state index in [-0.39, 0.29) is 0 Å². The molecule has 1 aliphatic rings. The fraction of sp³-hybridized carbons (Fsp3) is 0.800. The monoisotopic (exact) mass is 265 g/mol. The second-order valence-corrected chi connectivity index (χ2v) is 5.56. The van der Waals surface area contributed by atoms with Gasteiger partial charge in [0.05, 0.1) is 18.1 Å². The van der Waals surface area contributed by atoms with Gasteiger partial charge in [0, 0.05) is 25.4 Å². The van der Waals surface area contributed by atoms with Crippen LogP contribution in [0.15, 0.2) is 6.33 Å². The van der Waals surface area contributed by atoms with Gasteiger partial charge >= 0.3 is 0 Å². The average Bonchev–Trinajstić information content (AvgIpc) is 2.81. The summed E-state index contributed by atoms with van der Waals surface area (Å²) in [7, 11) is 0.